The molecule has 0 N–H and O–H groups in total. The SMILES string of the molecule is COC(=O)/C1=C/CC/C(C)=C/CCC1=O. The van der Waals surface area contributed by atoms with Crippen molar-refractivity contribution in [1.29, 1.82) is 0 Å². The van der Waals surface area contributed by atoms with E-state index in [9.17, 15) is 9.59 Å². The Labute approximate surface area is 89.8 Å². The summed E-state index contributed by atoms with van der Waals surface area (Å²) in [7, 11) is 1.30. The number of carbonyl (C=O) groups is 2. The van der Waals surface area contributed by atoms with E-state index in [1.54, 1.807) is 6.08 Å². The first-order valence-electron chi connectivity index (χ1n) is 5.12. The van der Waals surface area contributed by atoms with Crippen LogP contribution in [0.5, 0.6) is 0 Å². The largest absolute Gasteiger partial charge is 0.465 e. The van der Waals surface area contributed by atoms with Gasteiger partial charge >= 0.3 is 5.97 Å². The zero-order valence-electron chi connectivity index (χ0n) is 9.21. The van der Waals surface area contributed by atoms with Crippen molar-refractivity contribution in [3.63, 3.8) is 0 Å². The number of rotatable bonds is 1. The zero-order chi connectivity index (χ0) is 11.3. The van der Waals surface area contributed by atoms with Crippen LogP contribution in [0.2, 0.25) is 0 Å². The molecule has 0 aliphatic heterocycles. The number of carbonyl (C=O) groups excluding carboxylic acids is 2. The molecule has 0 bridgehead atoms. The highest BCUT2D eigenvalue weighted by Crippen LogP contribution is 2.15. The summed E-state index contributed by atoms with van der Waals surface area (Å²) in [6.07, 6.45) is 6.46. The molecule has 3 heteroatoms. The van der Waals surface area contributed by atoms with E-state index in [2.05, 4.69) is 10.8 Å². The Morgan fingerprint density at radius 1 is 1.27 bits per heavy atom. The molecule has 82 valence electrons. The standard InChI is InChI=1S/C12H16O3/c1-9-5-3-7-10(12(14)15-2)11(13)8-4-6-9/h6-7H,3-5,8H2,1-2H3/b9-6+,10-7+. The molecule has 0 amide bonds. The average molecular weight is 208 g/mol. The molecule has 0 aromatic rings. The van der Waals surface area contributed by atoms with Crippen LogP contribution < -0.4 is 0 Å². The minimum absolute atomic E-state index is 0.118. The van der Waals surface area contributed by atoms with Crippen LogP contribution in [0.15, 0.2) is 23.3 Å². The Hall–Kier alpha value is -1.38. The lowest BCUT2D eigenvalue weighted by atomic mass is 10.1. The van der Waals surface area contributed by atoms with Crippen molar-refractivity contribution >= 4 is 11.8 Å². The van der Waals surface area contributed by atoms with Gasteiger partial charge < -0.3 is 4.74 Å². The van der Waals surface area contributed by atoms with Gasteiger partial charge in [-0.2, -0.15) is 0 Å². The van der Waals surface area contributed by atoms with E-state index in [0.717, 1.165) is 12.8 Å². The van der Waals surface area contributed by atoms with E-state index in [-0.39, 0.29) is 11.4 Å². The second-order valence-corrected chi connectivity index (χ2v) is 3.66. The van der Waals surface area contributed by atoms with Crippen LogP contribution >= 0.6 is 0 Å². The topological polar surface area (TPSA) is 43.4 Å². The molecule has 0 radical (unpaired) electrons. The molecule has 0 aromatic carbocycles. The molecule has 0 aromatic heterocycles. The van der Waals surface area contributed by atoms with E-state index in [4.69, 9.17) is 0 Å². The normalized spacial score (nSPS) is 25.1. The van der Waals surface area contributed by atoms with Gasteiger partial charge in [0, 0.05) is 6.42 Å². The third kappa shape index (κ3) is 3.35. The van der Waals surface area contributed by atoms with Crippen LogP contribution in [0.25, 0.3) is 0 Å². The molecule has 0 atom stereocenters. The molecule has 15 heavy (non-hydrogen) atoms. The van der Waals surface area contributed by atoms with Gasteiger partial charge in [-0.15, -0.1) is 0 Å². The number of ketones is 1. The fourth-order valence-electron chi connectivity index (χ4n) is 1.55. The molecule has 0 fully saturated rings. The maximum atomic E-state index is 11.6. The fraction of sp³-hybridized carbons (Fsp3) is 0.500. The summed E-state index contributed by atoms with van der Waals surface area (Å²) in [5.74, 6) is -0.632. The molecule has 0 unspecified atom stereocenters. The van der Waals surface area contributed by atoms with Crippen molar-refractivity contribution in [3.8, 4) is 0 Å². The molecule has 0 spiro atoms. The summed E-state index contributed by atoms with van der Waals surface area (Å²) in [6.45, 7) is 2.04. The predicted molar refractivity (Wildman–Crippen MR) is 57.3 cm³/mol. The van der Waals surface area contributed by atoms with E-state index < -0.39 is 5.97 Å². The molecule has 1 rings (SSSR count). The number of hydrogen-bond donors (Lipinski definition) is 0. The lowest BCUT2D eigenvalue weighted by Crippen LogP contribution is -2.14. The highest BCUT2D eigenvalue weighted by Gasteiger charge is 2.18. The minimum atomic E-state index is -0.514. The molecule has 0 saturated heterocycles. The lowest BCUT2D eigenvalue weighted by molar-refractivity contribution is -0.137. The van der Waals surface area contributed by atoms with Crippen LogP contribution in [0.3, 0.4) is 0 Å². The van der Waals surface area contributed by atoms with Gasteiger partial charge in [0.05, 0.1) is 12.7 Å². The first-order chi connectivity index (χ1) is 7.15. The van der Waals surface area contributed by atoms with Gasteiger partial charge in [-0.25, -0.2) is 4.79 Å². The van der Waals surface area contributed by atoms with E-state index in [0.29, 0.717) is 12.8 Å². The second-order valence-electron chi connectivity index (χ2n) is 3.66. The first-order valence-corrected chi connectivity index (χ1v) is 5.12. The predicted octanol–water partition coefficient (Wildman–Crippen LogP) is 2.18. The highest BCUT2D eigenvalue weighted by atomic mass is 16.5. The third-order valence-electron chi connectivity index (χ3n) is 2.46. The van der Waals surface area contributed by atoms with Crippen molar-refractivity contribution in [3.05, 3.63) is 23.3 Å². The maximum Gasteiger partial charge on any atom is 0.341 e. The van der Waals surface area contributed by atoms with Gasteiger partial charge in [-0.05, 0) is 26.2 Å². The first kappa shape index (κ1) is 11.7. The van der Waals surface area contributed by atoms with E-state index >= 15 is 0 Å². The number of allylic oxidation sites excluding steroid dienone is 3. The van der Waals surface area contributed by atoms with Gasteiger partial charge in [-0.3, -0.25) is 4.79 Å². The minimum Gasteiger partial charge on any atom is -0.465 e. The molecule has 0 heterocycles. The van der Waals surface area contributed by atoms with Gasteiger partial charge in [0.25, 0.3) is 0 Å². The van der Waals surface area contributed by atoms with Crippen LogP contribution in [-0.2, 0) is 14.3 Å². The van der Waals surface area contributed by atoms with Crippen LogP contribution in [0, 0.1) is 0 Å². The Kier molecular flexibility index (Phi) is 4.28. The number of Topliss-reactive ketones (excluding diaryl/α,β-unsaturated/α-hetero) is 1. The van der Waals surface area contributed by atoms with Crippen molar-refractivity contribution in [2.24, 2.45) is 0 Å². The molecule has 1 aliphatic carbocycles. The fourth-order valence-corrected chi connectivity index (χ4v) is 1.55. The van der Waals surface area contributed by atoms with Crippen LogP contribution in [-0.4, -0.2) is 18.9 Å². The average Bonchev–Trinajstić information content (AvgIpc) is 2.29. The third-order valence-corrected chi connectivity index (χ3v) is 2.46. The summed E-state index contributed by atoms with van der Waals surface area (Å²) in [5.41, 5.74) is 1.48. The van der Waals surface area contributed by atoms with Crippen molar-refractivity contribution < 1.29 is 14.3 Å². The van der Waals surface area contributed by atoms with Crippen molar-refractivity contribution in [1.82, 2.24) is 0 Å². The molecule has 3 nitrogen and oxygen atoms in total. The summed E-state index contributed by atoms with van der Waals surface area (Å²) in [5, 5.41) is 0. The number of ether oxygens (including phenoxy) is 1. The summed E-state index contributed by atoms with van der Waals surface area (Å²) in [4.78, 5) is 22.9. The summed E-state index contributed by atoms with van der Waals surface area (Å²) >= 11 is 0. The highest BCUT2D eigenvalue weighted by molar-refractivity contribution is 6.17. The van der Waals surface area contributed by atoms with Crippen molar-refractivity contribution in [2.75, 3.05) is 7.11 Å². The number of esters is 1. The van der Waals surface area contributed by atoms with Crippen LogP contribution in [0.1, 0.15) is 32.6 Å². The Balaban J connectivity index is 2.82. The molecule has 0 saturated carbocycles. The lowest BCUT2D eigenvalue weighted by Gasteiger charge is -2.02. The van der Waals surface area contributed by atoms with Gasteiger partial charge in [0.2, 0.25) is 0 Å². The van der Waals surface area contributed by atoms with Gasteiger partial charge in [0.15, 0.2) is 5.78 Å². The molecular formula is C12H16O3. The summed E-state index contributed by atoms with van der Waals surface area (Å²) < 4.78 is 4.58. The Morgan fingerprint density at radius 3 is 2.60 bits per heavy atom. The van der Waals surface area contributed by atoms with E-state index in [1.165, 1.54) is 12.7 Å². The maximum absolute atomic E-state index is 11.6. The van der Waals surface area contributed by atoms with Crippen LogP contribution in [0.4, 0.5) is 0 Å². The van der Waals surface area contributed by atoms with Gasteiger partial charge in [0.1, 0.15) is 0 Å². The van der Waals surface area contributed by atoms with Gasteiger partial charge in [-0.1, -0.05) is 17.7 Å². The smallest absolute Gasteiger partial charge is 0.341 e. The molecular weight excluding hydrogens is 192 g/mol. The quantitative estimate of drug-likeness (QED) is 0.377. The van der Waals surface area contributed by atoms with Crippen molar-refractivity contribution in [2.45, 2.75) is 32.6 Å². The Bertz CT molecular complexity index is 324. The monoisotopic (exact) mass is 208 g/mol. The molecule has 1 aliphatic rings. The zero-order valence-corrected chi connectivity index (χ0v) is 9.21. The van der Waals surface area contributed by atoms with E-state index in [1.807, 2.05) is 6.92 Å². The number of methoxy groups -OCH3 is 1. The second kappa shape index (κ2) is 5.49. The Morgan fingerprint density at radius 2 is 1.93 bits per heavy atom. The summed E-state index contributed by atoms with van der Waals surface area (Å²) in [6, 6.07) is 0. The number of hydrogen-bond acceptors (Lipinski definition) is 3.